The Morgan fingerprint density at radius 1 is 1.07 bits per heavy atom. The molecule has 4 N–H and O–H groups in total. The highest BCUT2D eigenvalue weighted by Gasteiger charge is 2.21. The van der Waals surface area contributed by atoms with Crippen LogP contribution in [0.3, 0.4) is 0 Å². The standard InChI is InChI=1S/C28H24F3N7O5/c1-3-37-12-17(27(41)38(28(37)42)16-5-6-18(29)19(30)11-16)26(40)34-15-4-7-21(20(31)10-15)43-22-8-9-32-24-23(22)25(36-35-24)33-14(2)13-39/h4-12,14,39H,3,13H2,1-2H3,(H,34,40)(H2,32,33,35,36)/t14-/m1/s1. The van der Waals surface area contributed by atoms with Crippen molar-refractivity contribution in [3.63, 3.8) is 0 Å². The lowest BCUT2D eigenvalue weighted by Gasteiger charge is -2.14. The van der Waals surface area contributed by atoms with Crippen LogP contribution in [0.5, 0.6) is 11.5 Å². The zero-order chi connectivity index (χ0) is 30.8. The van der Waals surface area contributed by atoms with Crippen molar-refractivity contribution in [3.05, 3.63) is 98.7 Å². The van der Waals surface area contributed by atoms with E-state index >= 15 is 4.39 Å². The molecule has 43 heavy (non-hydrogen) atoms. The first-order chi connectivity index (χ1) is 20.6. The molecule has 0 aliphatic rings. The van der Waals surface area contributed by atoms with E-state index in [2.05, 4.69) is 25.8 Å². The summed E-state index contributed by atoms with van der Waals surface area (Å²) < 4.78 is 49.9. The normalized spacial score (nSPS) is 11.9. The number of benzene rings is 2. The van der Waals surface area contributed by atoms with Gasteiger partial charge in [0.05, 0.1) is 12.3 Å². The van der Waals surface area contributed by atoms with Crippen LogP contribution in [-0.4, -0.2) is 48.0 Å². The molecule has 15 heteroatoms. The lowest BCUT2D eigenvalue weighted by molar-refractivity contribution is 0.102. The lowest BCUT2D eigenvalue weighted by Crippen LogP contribution is -2.42. The number of H-pyrrole nitrogens is 1. The van der Waals surface area contributed by atoms with Gasteiger partial charge in [0, 0.05) is 48.9 Å². The molecule has 0 fully saturated rings. The zero-order valence-corrected chi connectivity index (χ0v) is 22.7. The number of aliphatic hydroxyl groups is 1. The first-order valence-electron chi connectivity index (χ1n) is 12.9. The molecule has 0 unspecified atom stereocenters. The highest BCUT2D eigenvalue weighted by molar-refractivity contribution is 6.04. The smallest absolute Gasteiger partial charge is 0.335 e. The van der Waals surface area contributed by atoms with Gasteiger partial charge in [-0.25, -0.2) is 27.5 Å². The van der Waals surface area contributed by atoms with Gasteiger partial charge >= 0.3 is 5.69 Å². The van der Waals surface area contributed by atoms with Crippen molar-refractivity contribution < 1.29 is 27.8 Å². The number of aromatic nitrogens is 5. The Kier molecular flexibility index (Phi) is 7.98. The summed E-state index contributed by atoms with van der Waals surface area (Å²) in [6.07, 6.45) is 2.47. The number of hydrogen-bond donors (Lipinski definition) is 4. The Labute approximate surface area is 240 Å². The molecule has 0 radical (unpaired) electrons. The number of anilines is 2. The number of aryl methyl sites for hydroxylation is 1. The number of ether oxygens (including phenoxy) is 1. The zero-order valence-electron chi connectivity index (χ0n) is 22.7. The molecule has 0 bridgehead atoms. The van der Waals surface area contributed by atoms with Gasteiger partial charge in [-0.15, -0.1) is 0 Å². The van der Waals surface area contributed by atoms with Gasteiger partial charge in [0.1, 0.15) is 16.7 Å². The number of carbonyl (C=O) groups excluding carboxylic acids is 1. The molecule has 2 aromatic carbocycles. The van der Waals surface area contributed by atoms with Crippen LogP contribution in [0.4, 0.5) is 24.7 Å². The van der Waals surface area contributed by atoms with Gasteiger partial charge in [0.15, 0.2) is 34.7 Å². The third-order valence-corrected chi connectivity index (χ3v) is 6.39. The van der Waals surface area contributed by atoms with E-state index in [0.29, 0.717) is 27.5 Å². The van der Waals surface area contributed by atoms with Gasteiger partial charge in [-0.05, 0) is 38.1 Å². The molecule has 3 aromatic heterocycles. The van der Waals surface area contributed by atoms with Gasteiger partial charge in [0.2, 0.25) is 0 Å². The number of amides is 1. The Bertz CT molecular complexity index is 1970. The summed E-state index contributed by atoms with van der Waals surface area (Å²) in [7, 11) is 0. The first kappa shape index (κ1) is 29.1. The monoisotopic (exact) mass is 595 g/mol. The molecule has 5 aromatic rings. The number of pyridine rings is 1. The van der Waals surface area contributed by atoms with E-state index in [0.717, 1.165) is 29.0 Å². The molecule has 0 aliphatic carbocycles. The van der Waals surface area contributed by atoms with Crippen molar-refractivity contribution >= 4 is 28.4 Å². The summed E-state index contributed by atoms with van der Waals surface area (Å²) >= 11 is 0. The highest BCUT2D eigenvalue weighted by atomic mass is 19.2. The van der Waals surface area contributed by atoms with Gasteiger partial charge < -0.3 is 20.5 Å². The van der Waals surface area contributed by atoms with E-state index in [9.17, 15) is 28.3 Å². The summed E-state index contributed by atoms with van der Waals surface area (Å²) in [5.41, 5.74) is -2.40. The average Bonchev–Trinajstić information content (AvgIpc) is 3.39. The minimum atomic E-state index is -1.29. The quantitative estimate of drug-likeness (QED) is 0.202. The van der Waals surface area contributed by atoms with Gasteiger partial charge in [-0.2, -0.15) is 5.10 Å². The van der Waals surface area contributed by atoms with E-state index in [1.807, 2.05) is 0 Å². The fourth-order valence-corrected chi connectivity index (χ4v) is 4.21. The number of fused-ring (bicyclic) bond motifs is 1. The molecule has 0 aliphatic heterocycles. The number of rotatable bonds is 9. The van der Waals surface area contributed by atoms with E-state index in [4.69, 9.17) is 4.74 Å². The Morgan fingerprint density at radius 3 is 2.56 bits per heavy atom. The maximum Gasteiger partial charge on any atom is 0.335 e. The summed E-state index contributed by atoms with van der Waals surface area (Å²) in [6.45, 7) is 3.21. The molecule has 1 amide bonds. The second kappa shape index (κ2) is 11.8. The Balaban J connectivity index is 1.43. The van der Waals surface area contributed by atoms with Crippen LogP contribution in [0.15, 0.2) is 64.4 Å². The number of nitrogens with zero attached hydrogens (tertiary/aromatic N) is 4. The topological polar surface area (TPSA) is 156 Å². The maximum absolute atomic E-state index is 15.1. The number of halogens is 3. The third-order valence-electron chi connectivity index (χ3n) is 6.39. The van der Waals surface area contributed by atoms with Crippen LogP contribution >= 0.6 is 0 Å². The van der Waals surface area contributed by atoms with E-state index in [1.165, 1.54) is 24.4 Å². The minimum Gasteiger partial charge on any atom is -0.453 e. The van der Waals surface area contributed by atoms with Crippen LogP contribution in [0.25, 0.3) is 16.7 Å². The number of aromatic amines is 1. The van der Waals surface area contributed by atoms with Crippen molar-refractivity contribution in [2.75, 3.05) is 17.2 Å². The SMILES string of the molecule is CCn1cc(C(=O)Nc2ccc(Oc3ccnc4[nH]nc(N[C@H](C)CO)c34)c(F)c2)c(=O)n(-c2ccc(F)c(F)c2)c1=O. The number of carbonyl (C=O) groups is 1. The molecular formula is C28H24F3N7O5. The molecule has 5 rings (SSSR count). The molecule has 12 nitrogen and oxygen atoms in total. The molecule has 0 saturated heterocycles. The van der Waals surface area contributed by atoms with E-state index < -0.39 is 40.2 Å². The van der Waals surface area contributed by atoms with Crippen molar-refractivity contribution in [2.45, 2.75) is 26.4 Å². The van der Waals surface area contributed by atoms with Crippen molar-refractivity contribution in [1.82, 2.24) is 24.3 Å². The number of nitrogens with one attached hydrogen (secondary N) is 3. The predicted octanol–water partition coefficient (Wildman–Crippen LogP) is 3.55. The van der Waals surface area contributed by atoms with Crippen LogP contribution in [0.1, 0.15) is 24.2 Å². The minimum absolute atomic E-state index is 0.0369. The van der Waals surface area contributed by atoms with Crippen molar-refractivity contribution in [1.29, 1.82) is 0 Å². The average molecular weight is 596 g/mol. The summed E-state index contributed by atoms with van der Waals surface area (Å²) in [6, 6.07) is 7.18. The lowest BCUT2D eigenvalue weighted by atomic mass is 10.2. The maximum atomic E-state index is 15.1. The molecule has 1 atom stereocenters. The van der Waals surface area contributed by atoms with Crippen LogP contribution in [0, 0.1) is 17.5 Å². The molecular weight excluding hydrogens is 571 g/mol. The van der Waals surface area contributed by atoms with Crippen molar-refractivity contribution in [2.24, 2.45) is 0 Å². The van der Waals surface area contributed by atoms with Crippen molar-refractivity contribution in [3.8, 4) is 17.2 Å². The molecule has 222 valence electrons. The van der Waals surface area contributed by atoms with Crippen LogP contribution in [-0.2, 0) is 6.54 Å². The fraction of sp³-hybridized carbons (Fsp3) is 0.179. The molecule has 3 heterocycles. The number of aliphatic hydroxyl groups excluding tert-OH is 1. The summed E-state index contributed by atoms with van der Waals surface area (Å²) in [5, 5.41) is 22.0. The Morgan fingerprint density at radius 2 is 1.86 bits per heavy atom. The first-order valence-corrected chi connectivity index (χ1v) is 12.9. The number of hydrogen-bond acceptors (Lipinski definition) is 8. The highest BCUT2D eigenvalue weighted by Crippen LogP contribution is 2.34. The second-order valence-electron chi connectivity index (χ2n) is 9.38. The Hall–Kier alpha value is -5.44. The van der Waals surface area contributed by atoms with E-state index in [1.54, 1.807) is 13.8 Å². The summed E-state index contributed by atoms with van der Waals surface area (Å²) in [5.74, 6) is -3.95. The molecule has 0 saturated carbocycles. The predicted molar refractivity (Wildman–Crippen MR) is 150 cm³/mol. The van der Waals surface area contributed by atoms with Crippen LogP contribution in [0.2, 0.25) is 0 Å². The molecule has 0 spiro atoms. The third kappa shape index (κ3) is 5.70. The van der Waals surface area contributed by atoms with Gasteiger partial charge in [-0.1, -0.05) is 0 Å². The van der Waals surface area contributed by atoms with E-state index in [-0.39, 0.29) is 42.1 Å². The fourth-order valence-electron chi connectivity index (χ4n) is 4.21. The second-order valence-corrected chi connectivity index (χ2v) is 9.38. The van der Waals surface area contributed by atoms with Gasteiger partial charge in [0.25, 0.3) is 11.5 Å². The van der Waals surface area contributed by atoms with Crippen LogP contribution < -0.4 is 26.6 Å². The largest absolute Gasteiger partial charge is 0.453 e. The summed E-state index contributed by atoms with van der Waals surface area (Å²) in [4.78, 5) is 43.3. The van der Waals surface area contributed by atoms with Gasteiger partial charge in [-0.3, -0.25) is 19.3 Å².